The second-order valence-corrected chi connectivity index (χ2v) is 17.1. The van der Waals surface area contributed by atoms with Crippen LogP contribution in [-0.4, -0.2) is 70.7 Å². The summed E-state index contributed by atoms with van der Waals surface area (Å²) < 4.78 is 34.5. The number of allylic oxidation sites excluding steroid dienone is 4. The molecule has 0 N–H and O–H groups in total. The molecular weight excluding hydrogens is 673 g/mol. The lowest BCUT2D eigenvalue weighted by atomic mass is 10.1. The van der Waals surface area contributed by atoms with Crippen LogP contribution in [0.1, 0.15) is 187 Å². The van der Waals surface area contributed by atoms with Crippen molar-refractivity contribution in [3.8, 4) is 0 Å². The van der Waals surface area contributed by atoms with Crippen molar-refractivity contribution in [2.24, 2.45) is 0 Å². The Balaban J connectivity index is 4.15. The zero-order valence-electron chi connectivity index (χ0n) is 34.8. The molecule has 0 aliphatic heterocycles. The van der Waals surface area contributed by atoms with Crippen LogP contribution in [0.15, 0.2) is 24.3 Å². The van der Waals surface area contributed by atoms with Crippen LogP contribution in [0.5, 0.6) is 0 Å². The van der Waals surface area contributed by atoms with Gasteiger partial charge in [0.2, 0.25) is 0 Å². The van der Waals surface area contributed by atoms with Gasteiger partial charge in [0.25, 0.3) is 7.82 Å². The number of phosphoric ester groups is 1. The molecule has 0 aliphatic carbocycles. The van der Waals surface area contributed by atoms with Gasteiger partial charge in [0.15, 0.2) is 0 Å². The smallest absolute Gasteiger partial charge is 0.306 e. The third kappa shape index (κ3) is 40.2. The average Bonchev–Trinajstić information content (AvgIpc) is 3.09. The van der Waals surface area contributed by atoms with E-state index >= 15 is 0 Å². The summed E-state index contributed by atoms with van der Waals surface area (Å²) in [4.78, 5) is 24.9. The second-order valence-electron chi connectivity index (χ2n) is 15.7. The number of esters is 1. The van der Waals surface area contributed by atoms with E-state index < -0.39 is 13.9 Å². The monoisotopic (exact) mass is 758 g/mol. The zero-order chi connectivity index (χ0) is 38.4. The molecular formula is C43H84NO7P. The van der Waals surface area contributed by atoms with Crippen LogP contribution < -0.4 is 4.89 Å². The molecule has 0 fully saturated rings. The standard InChI is InChI=1S/C43H84NO7P/c1-6-8-10-12-14-16-18-19-20-21-22-23-24-25-26-27-29-31-33-35-38-48-40-42(41-50-52(46,47)49-39-37-44(3,4)5)51-43(45)36-34-32-30-28-17-15-13-11-9-7-2/h14,16,19-20,42H,6-13,15,17-18,21-41H2,1-5H3/b16-14-,20-19-. The van der Waals surface area contributed by atoms with E-state index in [0.29, 0.717) is 24.1 Å². The summed E-state index contributed by atoms with van der Waals surface area (Å²) in [5.41, 5.74) is 0. The number of quaternary nitrogens is 1. The van der Waals surface area contributed by atoms with Crippen LogP contribution >= 0.6 is 7.82 Å². The Kier molecular flexibility index (Phi) is 36.2. The van der Waals surface area contributed by atoms with Crippen LogP contribution in [0.2, 0.25) is 0 Å². The molecule has 0 bridgehead atoms. The Morgan fingerprint density at radius 1 is 0.596 bits per heavy atom. The highest BCUT2D eigenvalue weighted by Gasteiger charge is 2.20. The van der Waals surface area contributed by atoms with Crippen molar-refractivity contribution < 1.29 is 37.3 Å². The quantitative estimate of drug-likeness (QED) is 0.0202. The number of ether oxygens (including phenoxy) is 2. The Labute approximate surface area is 322 Å². The molecule has 0 amide bonds. The number of unbranched alkanes of at least 4 members (excludes halogenated alkanes) is 22. The van der Waals surface area contributed by atoms with Gasteiger partial charge in [-0.1, -0.05) is 160 Å². The van der Waals surface area contributed by atoms with E-state index in [-0.39, 0.29) is 25.8 Å². The van der Waals surface area contributed by atoms with E-state index in [4.69, 9.17) is 18.5 Å². The van der Waals surface area contributed by atoms with Gasteiger partial charge in [0.1, 0.15) is 19.3 Å². The molecule has 308 valence electrons. The van der Waals surface area contributed by atoms with Gasteiger partial charge >= 0.3 is 5.97 Å². The molecule has 2 unspecified atom stereocenters. The molecule has 0 saturated heterocycles. The van der Waals surface area contributed by atoms with E-state index in [0.717, 1.165) is 38.5 Å². The van der Waals surface area contributed by atoms with Gasteiger partial charge in [-0.2, -0.15) is 0 Å². The molecule has 52 heavy (non-hydrogen) atoms. The van der Waals surface area contributed by atoms with Crippen molar-refractivity contribution in [2.45, 2.75) is 193 Å². The third-order valence-electron chi connectivity index (χ3n) is 9.26. The van der Waals surface area contributed by atoms with Crippen LogP contribution in [0.4, 0.5) is 0 Å². The summed E-state index contributed by atoms with van der Waals surface area (Å²) in [5.74, 6) is -0.336. The molecule has 2 atom stereocenters. The van der Waals surface area contributed by atoms with Crippen LogP contribution in [0, 0.1) is 0 Å². The lowest BCUT2D eigenvalue weighted by Crippen LogP contribution is -2.37. The van der Waals surface area contributed by atoms with E-state index in [1.54, 1.807) is 0 Å². The number of carbonyl (C=O) groups is 1. The fourth-order valence-corrected chi connectivity index (χ4v) is 6.60. The molecule has 0 rings (SSSR count). The van der Waals surface area contributed by atoms with E-state index in [9.17, 15) is 14.3 Å². The van der Waals surface area contributed by atoms with Gasteiger partial charge < -0.3 is 27.9 Å². The van der Waals surface area contributed by atoms with E-state index in [1.807, 2.05) is 21.1 Å². The van der Waals surface area contributed by atoms with E-state index in [2.05, 4.69) is 38.2 Å². The predicted molar refractivity (Wildman–Crippen MR) is 217 cm³/mol. The Hall–Kier alpha value is -1.02. The number of hydrogen-bond donors (Lipinski definition) is 0. The first kappa shape index (κ1) is 51.0. The number of carbonyl (C=O) groups excluding carboxylic acids is 1. The molecule has 9 heteroatoms. The number of hydrogen-bond acceptors (Lipinski definition) is 7. The maximum atomic E-state index is 12.6. The molecule has 0 spiro atoms. The highest BCUT2D eigenvalue weighted by atomic mass is 31.2. The number of likely N-dealkylation sites (N-methyl/N-ethyl adjacent to an activating group) is 1. The number of rotatable bonds is 40. The molecule has 0 radical (unpaired) electrons. The van der Waals surface area contributed by atoms with Gasteiger partial charge in [-0.25, -0.2) is 0 Å². The molecule has 0 aromatic rings. The lowest BCUT2D eigenvalue weighted by Gasteiger charge is -2.28. The van der Waals surface area contributed by atoms with Crippen molar-refractivity contribution in [3.05, 3.63) is 24.3 Å². The molecule has 0 aromatic carbocycles. The van der Waals surface area contributed by atoms with Gasteiger partial charge in [-0.05, 0) is 44.9 Å². The van der Waals surface area contributed by atoms with Crippen molar-refractivity contribution in [1.29, 1.82) is 0 Å². The first-order valence-corrected chi connectivity index (χ1v) is 23.0. The molecule has 0 saturated carbocycles. The summed E-state index contributed by atoms with van der Waals surface area (Å²) in [7, 11) is 1.36. The van der Waals surface area contributed by atoms with Crippen molar-refractivity contribution >= 4 is 13.8 Å². The van der Waals surface area contributed by atoms with Gasteiger partial charge in [0, 0.05) is 13.0 Å². The predicted octanol–water partition coefficient (Wildman–Crippen LogP) is 11.8. The van der Waals surface area contributed by atoms with Crippen molar-refractivity contribution in [1.82, 2.24) is 0 Å². The minimum Gasteiger partial charge on any atom is -0.756 e. The van der Waals surface area contributed by atoms with Gasteiger partial charge in [-0.15, -0.1) is 0 Å². The summed E-state index contributed by atoms with van der Waals surface area (Å²) in [6.45, 7) is 5.38. The average molecular weight is 758 g/mol. The molecule has 8 nitrogen and oxygen atoms in total. The van der Waals surface area contributed by atoms with Gasteiger partial charge in [-0.3, -0.25) is 9.36 Å². The van der Waals surface area contributed by atoms with Gasteiger partial charge in [0.05, 0.1) is 34.4 Å². The fraction of sp³-hybridized carbons (Fsp3) is 0.884. The van der Waals surface area contributed by atoms with Crippen molar-refractivity contribution in [2.75, 3.05) is 54.1 Å². The zero-order valence-corrected chi connectivity index (χ0v) is 35.7. The highest BCUT2D eigenvalue weighted by Crippen LogP contribution is 2.38. The maximum Gasteiger partial charge on any atom is 0.306 e. The third-order valence-corrected chi connectivity index (χ3v) is 10.2. The summed E-state index contributed by atoms with van der Waals surface area (Å²) >= 11 is 0. The summed E-state index contributed by atoms with van der Waals surface area (Å²) in [6.07, 6.45) is 40.4. The largest absolute Gasteiger partial charge is 0.756 e. The minimum absolute atomic E-state index is 0.0273. The Morgan fingerprint density at radius 3 is 1.60 bits per heavy atom. The normalized spacial score (nSPS) is 14.0. The maximum absolute atomic E-state index is 12.6. The molecule has 0 aliphatic rings. The van der Waals surface area contributed by atoms with Crippen LogP contribution in [-0.2, 0) is 27.9 Å². The summed E-state index contributed by atoms with van der Waals surface area (Å²) in [5, 5.41) is 0. The molecule has 0 heterocycles. The topological polar surface area (TPSA) is 94.1 Å². The first-order chi connectivity index (χ1) is 25.1. The fourth-order valence-electron chi connectivity index (χ4n) is 5.87. The second kappa shape index (κ2) is 36.9. The van der Waals surface area contributed by atoms with Crippen molar-refractivity contribution in [3.63, 3.8) is 0 Å². The van der Waals surface area contributed by atoms with E-state index in [1.165, 1.54) is 128 Å². The number of nitrogens with zero attached hydrogens (tertiary/aromatic N) is 1. The SMILES string of the molecule is CCCCC/C=C\C/C=C\CCCCCCCCCCCCOCC(COP(=O)([O-])OCC[N+](C)(C)C)OC(=O)CCCCCCCCCCCC. The Bertz CT molecular complexity index is 889. The Morgan fingerprint density at radius 2 is 1.06 bits per heavy atom. The van der Waals surface area contributed by atoms with Crippen LogP contribution in [0.3, 0.4) is 0 Å². The lowest BCUT2D eigenvalue weighted by molar-refractivity contribution is -0.870. The van der Waals surface area contributed by atoms with Crippen LogP contribution in [0.25, 0.3) is 0 Å². The summed E-state index contributed by atoms with van der Waals surface area (Å²) in [6, 6.07) is 0. The minimum atomic E-state index is -4.52. The first-order valence-electron chi connectivity index (χ1n) is 21.6. The number of phosphoric acid groups is 1. The molecule has 0 aromatic heterocycles. The highest BCUT2D eigenvalue weighted by molar-refractivity contribution is 7.45.